The third kappa shape index (κ3) is 3.69. The van der Waals surface area contributed by atoms with Gasteiger partial charge in [0.1, 0.15) is 5.82 Å². The topological polar surface area (TPSA) is 29.3 Å². The van der Waals surface area contributed by atoms with Crippen LogP contribution in [-0.2, 0) is 13.1 Å². The molecule has 0 saturated carbocycles. The summed E-state index contributed by atoms with van der Waals surface area (Å²) in [5, 5.41) is 0.658. The highest BCUT2D eigenvalue weighted by atomic mass is 35.5. The van der Waals surface area contributed by atoms with Crippen LogP contribution in [0.1, 0.15) is 11.1 Å². The fraction of sp³-hybridized carbons (Fsp3) is 0.200. The van der Waals surface area contributed by atoms with Crippen molar-refractivity contribution in [2.75, 3.05) is 12.8 Å². The average molecular weight is 279 g/mol. The molecule has 0 spiro atoms. The van der Waals surface area contributed by atoms with Crippen LogP contribution < -0.4 is 5.73 Å². The molecule has 2 aromatic rings. The molecule has 2 rings (SSSR count). The van der Waals surface area contributed by atoms with Gasteiger partial charge in [-0.05, 0) is 36.9 Å². The highest BCUT2D eigenvalue weighted by Crippen LogP contribution is 2.23. The van der Waals surface area contributed by atoms with Gasteiger partial charge < -0.3 is 5.73 Å². The Balaban J connectivity index is 2.07. The van der Waals surface area contributed by atoms with Crippen molar-refractivity contribution in [2.45, 2.75) is 13.1 Å². The van der Waals surface area contributed by atoms with Crippen molar-refractivity contribution in [1.29, 1.82) is 0 Å². The number of hydrogen-bond donors (Lipinski definition) is 1. The molecule has 0 fully saturated rings. The Morgan fingerprint density at radius 1 is 1.16 bits per heavy atom. The average Bonchev–Trinajstić information content (AvgIpc) is 2.34. The Kier molecular flexibility index (Phi) is 4.40. The summed E-state index contributed by atoms with van der Waals surface area (Å²) in [6, 6.07) is 12.1. The predicted molar refractivity (Wildman–Crippen MR) is 77.4 cm³/mol. The van der Waals surface area contributed by atoms with E-state index in [-0.39, 0.29) is 5.82 Å². The van der Waals surface area contributed by atoms with E-state index in [9.17, 15) is 4.39 Å². The first-order valence-corrected chi connectivity index (χ1v) is 6.40. The molecule has 2 aromatic carbocycles. The molecule has 2 N–H and O–H groups in total. The Morgan fingerprint density at radius 2 is 1.89 bits per heavy atom. The van der Waals surface area contributed by atoms with E-state index in [0.29, 0.717) is 23.8 Å². The van der Waals surface area contributed by atoms with Crippen molar-refractivity contribution in [3.63, 3.8) is 0 Å². The Labute approximate surface area is 117 Å². The van der Waals surface area contributed by atoms with E-state index < -0.39 is 0 Å². The van der Waals surface area contributed by atoms with Gasteiger partial charge in [0, 0.05) is 29.4 Å². The lowest BCUT2D eigenvalue weighted by molar-refractivity contribution is 0.319. The minimum atomic E-state index is -0.219. The van der Waals surface area contributed by atoms with E-state index in [1.165, 1.54) is 12.1 Å². The molecule has 0 aromatic heterocycles. The van der Waals surface area contributed by atoms with Gasteiger partial charge in [-0.1, -0.05) is 29.8 Å². The lowest BCUT2D eigenvalue weighted by Crippen LogP contribution is -2.18. The SMILES string of the molecule is CN(Cc1cccc(F)c1)Cc1c(N)cccc1Cl. The third-order valence-corrected chi connectivity index (χ3v) is 3.28. The van der Waals surface area contributed by atoms with Crippen LogP contribution in [0.25, 0.3) is 0 Å². The maximum atomic E-state index is 13.1. The summed E-state index contributed by atoms with van der Waals surface area (Å²) in [6.45, 7) is 1.27. The van der Waals surface area contributed by atoms with Crippen LogP contribution in [0, 0.1) is 5.82 Å². The van der Waals surface area contributed by atoms with Crippen LogP contribution in [0.3, 0.4) is 0 Å². The van der Waals surface area contributed by atoms with E-state index in [1.807, 2.05) is 36.2 Å². The second kappa shape index (κ2) is 6.04. The van der Waals surface area contributed by atoms with Crippen molar-refractivity contribution in [3.8, 4) is 0 Å². The minimum absolute atomic E-state index is 0.219. The fourth-order valence-electron chi connectivity index (χ4n) is 2.01. The lowest BCUT2D eigenvalue weighted by Gasteiger charge is -2.19. The summed E-state index contributed by atoms with van der Waals surface area (Å²) in [4.78, 5) is 2.05. The summed E-state index contributed by atoms with van der Waals surface area (Å²) in [7, 11) is 1.95. The second-order valence-corrected chi connectivity index (χ2v) is 5.02. The van der Waals surface area contributed by atoms with Crippen LogP contribution in [0.4, 0.5) is 10.1 Å². The molecule has 0 aliphatic rings. The zero-order valence-corrected chi connectivity index (χ0v) is 11.5. The van der Waals surface area contributed by atoms with Gasteiger partial charge in [-0.25, -0.2) is 4.39 Å². The molecule has 19 heavy (non-hydrogen) atoms. The lowest BCUT2D eigenvalue weighted by atomic mass is 10.1. The minimum Gasteiger partial charge on any atom is -0.398 e. The molecule has 4 heteroatoms. The standard InChI is InChI=1S/C15H16ClFN2/c1-19(9-11-4-2-5-12(17)8-11)10-13-14(16)6-3-7-15(13)18/h2-8H,9-10,18H2,1H3. The first kappa shape index (κ1) is 13.8. The summed E-state index contributed by atoms with van der Waals surface area (Å²) in [5.41, 5.74) is 8.43. The van der Waals surface area contributed by atoms with E-state index >= 15 is 0 Å². The molecule has 0 saturated heterocycles. The molecule has 0 heterocycles. The van der Waals surface area contributed by atoms with Crippen LogP contribution in [-0.4, -0.2) is 11.9 Å². The number of nitrogens with two attached hydrogens (primary N) is 1. The van der Waals surface area contributed by atoms with Gasteiger partial charge in [-0.3, -0.25) is 4.90 Å². The van der Waals surface area contributed by atoms with Gasteiger partial charge >= 0.3 is 0 Å². The van der Waals surface area contributed by atoms with Crippen molar-refractivity contribution in [3.05, 3.63) is 64.4 Å². The zero-order valence-electron chi connectivity index (χ0n) is 10.7. The zero-order chi connectivity index (χ0) is 13.8. The molecular weight excluding hydrogens is 263 g/mol. The second-order valence-electron chi connectivity index (χ2n) is 4.61. The molecular formula is C15H16ClFN2. The van der Waals surface area contributed by atoms with Crippen molar-refractivity contribution >= 4 is 17.3 Å². The van der Waals surface area contributed by atoms with E-state index in [4.69, 9.17) is 17.3 Å². The monoisotopic (exact) mass is 278 g/mol. The van der Waals surface area contributed by atoms with Crippen molar-refractivity contribution < 1.29 is 4.39 Å². The van der Waals surface area contributed by atoms with Crippen molar-refractivity contribution in [2.24, 2.45) is 0 Å². The van der Waals surface area contributed by atoms with Gasteiger partial charge in [-0.2, -0.15) is 0 Å². The molecule has 0 radical (unpaired) electrons. The Hall–Kier alpha value is -1.58. The highest BCUT2D eigenvalue weighted by molar-refractivity contribution is 6.31. The Bertz CT molecular complexity index is 552. The van der Waals surface area contributed by atoms with Gasteiger partial charge in [0.15, 0.2) is 0 Å². The predicted octanol–water partition coefficient (Wildman–Crippen LogP) is 3.69. The fourth-order valence-corrected chi connectivity index (χ4v) is 2.26. The van der Waals surface area contributed by atoms with Gasteiger partial charge in [0.2, 0.25) is 0 Å². The van der Waals surface area contributed by atoms with E-state index in [1.54, 1.807) is 6.07 Å². The van der Waals surface area contributed by atoms with E-state index in [2.05, 4.69) is 0 Å². The first-order valence-electron chi connectivity index (χ1n) is 6.02. The van der Waals surface area contributed by atoms with Gasteiger partial charge in [-0.15, -0.1) is 0 Å². The number of hydrogen-bond acceptors (Lipinski definition) is 2. The molecule has 0 bridgehead atoms. The van der Waals surface area contributed by atoms with Crippen LogP contribution in [0.5, 0.6) is 0 Å². The summed E-state index contributed by atoms with van der Waals surface area (Å²) in [6.07, 6.45) is 0. The first-order chi connectivity index (χ1) is 9.06. The molecule has 0 aliphatic carbocycles. The number of nitrogens with zero attached hydrogens (tertiary/aromatic N) is 1. The number of nitrogen functional groups attached to an aromatic ring is 1. The number of benzene rings is 2. The van der Waals surface area contributed by atoms with Gasteiger partial charge in [0.05, 0.1) is 0 Å². The van der Waals surface area contributed by atoms with Crippen LogP contribution >= 0.6 is 11.6 Å². The molecule has 0 aliphatic heterocycles. The summed E-state index contributed by atoms with van der Waals surface area (Å²) >= 11 is 6.14. The quantitative estimate of drug-likeness (QED) is 0.864. The van der Waals surface area contributed by atoms with Crippen molar-refractivity contribution in [1.82, 2.24) is 4.90 Å². The van der Waals surface area contributed by atoms with Crippen LogP contribution in [0.15, 0.2) is 42.5 Å². The molecule has 0 unspecified atom stereocenters. The molecule has 0 amide bonds. The molecule has 0 atom stereocenters. The normalized spacial score (nSPS) is 10.9. The molecule has 2 nitrogen and oxygen atoms in total. The maximum absolute atomic E-state index is 13.1. The highest BCUT2D eigenvalue weighted by Gasteiger charge is 2.08. The number of rotatable bonds is 4. The van der Waals surface area contributed by atoms with E-state index in [0.717, 1.165) is 11.1 Å². The largest absolute Gasteiger partial charge is 0.398 e. The third-order valence-electron chi connectivity index (χ3n) is 2.92. The molecule has 100 valence electrons. The smallest absolute Gasteiger partial charge is 0.123 e. The number of halogens is 2. The summed E-state index contributed by atoms with van der Waals surface area (Å²) in [5.74, 6) is -0.219. The van der Waals surface area contributed by atoms with Gasteiger partial charge in [0.25, 0.3) is 0 Å². The maximum Gasteiger partial charge on any atom is 0.123 e. The summed E-state index contributed by atoms with van der Waals surface area (Å²) < 4.78 is 13.1. The number of anilines is 1. The Morgan fingerprint density at radius 3 is 2.58 bits per heavy atom. The van der Waals surface area contributed by atoms with Crippen LogP contribution in [0.2, 0.25) is 5.02 Å².